The van der Waals surface area contributed by atoms with E-state index in [4.69, 9.17) is 27.8 Å². The molecule has 0 saturated heterocycles. The highest BCUT2D eigenvalue weighted by Crippen LogP contribution is 2.46. The van der Waals surface area contributed by atoms with Crippen LogP contribution in [-0.4, -0.2) is 39.2 Å². The molecule has 0 radical (unpaired) electrons. The largest absolute Gasteiger partial charge is 0.505 e. The predicted octanol–water partition coefficient (Wildman–Crippen LogP) is 6.17. The number of phenols is 1. The highest BCUT2D eigenvalue weighted by molar-refractivity contribution is 6.33. The molecule has 210 valence electrons. The quantitative estimate of drug-likeness (QED) is 0.164. The van der Waals surface area contributed by atoms with Crippen molar-refractivity contribution in [1.82, 2.24) is 9.61 Å². The van der Waals surface area contributed by atoms with Crippen molar-refractivity contribution in [3.8, 4) is 22.6 Å². The van der Waals surface area contributed by atoms with Crippen LogP contribution >= 0.6 is 11.6 Å². The standard InChI is InChI=1S/C30H34ClFN6O2/c1-16-10-18(40-5)6-7-19(16)17-11-24-27(37-26-8-9-30(4,34)29(26,2)3)20(14-35-38(24)15-17)28(33)36-23-13-22(32)25(39)12-21(23)31/h6-7,10-15,26,37,39H,8-9,34H2,1-5H3,(H2,33,36)/t26?,30-/m0/s1. The van der Waals surface area contributed by atoms with Gasteiger partial charge in [-0.15, -0.1) is 0 Å². The SMILES string of the molecule is COc1ccc(-c2cc3c(NC4CC[C@](C)(N)C4(C)C)c(/C(N)=N/c4cc(F)c(O)cc4Cl)cnn3c2)c(C)c1. The predicted molar refractivity (Wildman–Crippen MR) is 158 cm³/mol. The number of nitrogens with two attached hydrogens (primary N) is 2. The number of fused-ring (bicyclic) bond motifs is 1. The second-order valence-electron chi connectivity index (χ2n) is 11.3. The number of hydrogen-bond donors (Lipinski definition) is 4. The van der Waals surface area contributed by atoms with Crippen LogP contribution in [0.1, 0.15) is 44.7 Å². The van der Waals surface area contributed by atoms with Crippen LogP contribution in [-0.2, 0) is 0 Å². The number of aryl methyl sites for hydroxylation is 1. The van der Waals surface area contributed by atoms with Crippen molar-refractivity contribution < 1.29 is 14.2 Å². The maximum absolute atomic E-state index is 14.1. The van der Waals surface area contributed by atoms with Gasteiger partial charge in [-0.2, -0.15) is 5.10 Å². The minimum absolute atomic E-state index is 0.0380. The third-order valence-electron chi connectivity index (χ3n) is 8.53. The molecule has 0 amide bonds. The van der Waals surface area contributed by atoms with Crippen LogP contribution in [0.15, 0.2) is 53.8 Å². The van der Waals surface area contributed by atoms with Gasteiger partial charge >= 0.3 is 0 Å². The van der Waals surface area contributed by atoms with Gasteiger partial charge in [-0.05, 0) is 56.0 Å². The van der Waals surface area contributed by atoms with E-state index in [9.17, 15) is 9.50 Å². The van der Waals surface area contributed by atoms with Crippen LogP contribution in [0, 0.1) is 18.2 Å². The highest BCUT2D eigenvalue weighted by Gasteiger charge is 2.49. The molecule has 4 aromatic rings. The number of ether oxygens (including phenoxy) is 1. The van der Waals surface area contributed by atoms with Crippen LogP contribution in [0.25, 0.3) is 16.6 Å². The molecule has 6 N–H and O–H groups in total. The molecular formula is C30H34ClFN6O2. The minimum atomic E-state index is -0.844. The summed E-state index contributed by atoms with van der Waals surface area (Å²) in [5.41, 5.74) is 17.9. The van der Waals surface area contributed by atoms with Crippen LogP contribution in [0.3, 0.4) is 0 Å². The fraction of sp³-hybridized carbons (Fsp3) is 0.333. The first-order chi connectivity index (χ1) is 18.8. The Morgan fingerprint density at radius 3 is 2.65 bits per heavy atom. The van der Waals surface area contributed by atoms with Gasteiger partial charge in [-0.25, -0.2) is 13.9 Å². The molecule has 2 atom stereocenters. The van der Waals surface area contributed by atoms with Crippen molar-refractivity contribution in [3.63, 3.8) is 0 Å². The van der Waals surface area contributed by atoms with Crippen molar-refractivity contribution in [2.45, 2.75) is 52.1 Å². The van der Waals surface area contributed by atoms with Crippen molar-refractivity contribution >= 4 is 34.3 Å². The lowest BCUT2D eigenvalue weighted by Gasteiger charge is -2.39. The van der Waals surface area contributed by atoms with E-state index in [2.05, 4.69) is 42.2 Å². The summed E-state index contributed by atoms with van der Waals surface area (Å²) in [4.78, 5) is 4.42. The normalized spacial score (nSPS) is 20.7. The number of anilines is 1. The number of aromatic hydroxyl groups is 1. The van der Waals surface area contributed by atoms with Gasteiger partial charge in [0.05, 0.1) is 40.8 Å². The average molecular weight is 565 g/mol. The molecule has 1 aliphatic carbocycles. The lowest BCUT2D eigenvalue weighted by atomic mass is 9.75. The average Bonchev–Trinajstić information content (AvgIpc) is 3.41. The van der Waals surface area contributed by atoms with Gasteiger partial charge in [-0.3, -0.25) is 0 Å². The lowest BCUT2D eigenvalue weighted by molar-refractivity contribution is 0.215. The second kappa shape index (κ2) is 9.98. The smallest absolute Gasteiger partial charge is 0.167 e. The van der Waals surface area contributed by atoms with Crippen LogP contribution in [0.5, 0.6) is 11.5 Å². The zero-order chi connectivity index (χ0) is 29.0. The van der Waals surface area contributed by atoms with E-state index in [1.165, 1.54) is 0 Å². The fourth-order valence-electron chi connectivity index (χ4n) is 5.39. The Hall–Kier alpha value is -3.82. The molecule has 1 fully saturated rings. The number of aliphatic imine (C=N–C) groups is 1. The molecule has 2 heterocycles. The molecule has 1 aliphatic rings. The third-order valence-corrected chi connectivity index (χ3v) is 8.83. The summed E-state index contributed by atoms with van der Waals surface area (Å²) >= 11 is 6.23. The van der Waals surface area contributed by atoms with Crippen molar-refractivity contribution in [3.05, 3.63) is 70.8 Å². The maximum Gasteiger partial charge on any atom is 0.167 e. The van der Waals surface area contributed by atoms with E-state index < -0.39 is 11.6 Å². The Labute approximate surface area is 237 Å². The topological polar surface area (TPSA) is 123 Å². The molecule has 40 heavy (non-hydrogen) atoms. The Morgan fingerprint density at radius 1 is 1.25 bits per heavy atom. The number of nitrogens with one attached hydrogen (secondary N) is 1. The molecule has 0 bridgehead atoms. The van der Waals surface area contributed by atoms with E-state index >= 15 is 0 Å². The molecule has 0 aliphatic heterocycles. The zero-order valence-corrected chi connectivity index (χ0v) is 24.0. The molecule has 10 heteroatoms. The first-order valence-electron chi connectivity index (χ1n) is 13.1. The summed E-state index contributed by atoms with van der Waals surface area (Å²) in [6.45, 7) is 8.44. The molecule has 2 aromatic heterocycles. The number of amidine groups is 1. The number of nitrogens with zero attached hydrogens (tertiary/aromatic N) is 3. The first kappa shape index (κ1) is 27.7. The number of phenolic OH excluding ortho intramolecular Hbond substituents is 1. The van der Waals surface area contributed by atoms with E-state index in [1.807, 2.05) is 31.3 Å². The van der Waals surface area contributed by atoms with Crippen LogP contribution in [0.2, 0.25) is 5.02 Å². The third kappa shape index (κ3) is 4.73. The number of rotatable bonds is 6. The van der Waals surface area contributed by atoms with Gasteiger partial charge in [0.2, 0.25) is 0 Å². The highest BCUT2D eigenvalue weighted by atomic mass is 35.5. The number of aromatic nitrogens is 2. The van der Waals surface area contributed by atoms with Crippen molar-refractivity contribution in [2.75, 3.05) is 12.4 Å². The lowest BCUT2D eigenvalue weighted by Crippen LogP contribution is -2.51. The molecule has 5 rings (SSSR count). The number of methoxy groups -OCH3 is 1. The van der Waals surface area contributed by atoms with Crippen molar-refractivity contribution in [2.24, 2.45) is 21.9 Å². The summed E-state index contributed by atoms with van der Waals surface area (Å²) in [5.74, 6) is -0.520. The minimum Gasteiger partial charge on any atom is -0.505 e. The van der Waals surface area contributed by atoms with Gasteiger partial charge in [0.15, 0.2) is 11.6 Å². The maximum atomic E-state index is 14.1. The second-order valence-corrected chi connectivity index (χ2v) is 11.7. The Morgan fingerprint density at radius 2 is 2.00 bits per heavy atom. The Bertz CT molecular complexity index is 1650. The summed E-state index contributed by atoms with van der Waals surface area (Å²) < 4.78 is 21.3. The zero-order valence-electron chi connectivity index (χ0n) is 23.2. The molecular weight excluding hydrogens is 531 g/mol. The summed E-state index contributed by atoms with van der Waals surface area (Å²) in [5, 5.41) is 18.1. The van der Waals surface area contributed by atoms with E-state index in [0.29, 0.717) is 5.56 Å². The summed E-state index contributed by atoms with van der Waals surface area (Å²) in [6.07, 6.45) is 5.32. The van der Waals surface area contributed by atoms with Crippen molar-refractivity contribution in [1.29, 1.82) is 0 Å². The van der Waals surface area contributed by atoms with Crippen LogP contribution < -0.4 is 21.5 Å². The fourth-order valence-corrected chi connectivity index (χ4v) is 5.59. The van der Waals surface area contributed by atoms with Gasteiger partial charge in [-0.1, -0.05) is 31.5 Å². The Balaban J connectivity index is 1.67. The summed E-state index contributed by atoms with van der Waals surface area (Å²) in [7, 11) is 1.65. The molecule has 1 saturated carbocycles. The molecule has 8 nitrogen and oxygen atoms in total. The number of hydrogen-bond acceptors (Lipinski definition) is 6. The van der Waals surface area contributed by atoms with Gasteiger partial charge in [0.1, 0.15) is 11.6 Å². The number of halogens is 2. The van der Waals surface area contributed by atoms with Crippen LogP contribution in [0.4, 0.5) is 15.8 Å². The first-order valence-corrected chi connectivity index (χ1v) is 13.4. The molecule has 2 aromatic carbocycles. The number of benzene rings is 2. The monoisotopic (exact) mass is 564 g/mol. The van der Waals surface area contributed by atoms with E-state index in [0.717, 1.165) is 58.6 Å². The van der Waals surface area contributed by atoms with Gasteiger partial charge in [0, 0.05) is 40.9 Å². The van der Waals surface area contributed by atoms with E-state index in [-0.39, 0.29) is 33.5 Å². The van der Waals surface area contributed by atoms with Gasteiger partial charge in [0.25, 0.3) is 0 Å². The summed E-state index contributed by atoms with van der Waals surface area (Å²) in [6, 6.07) is 10.2. The van der Waals surface area contributed by atoms with Gasteiger partial charge < -0.3 is 26.6 Å². The Kier molecular flexibility index (Phi) is 6.92. The molecule has 1 unspecified atom stereocenters. The molecule has 0 spiro atoms. The van der Waals surface area contributed by atoms with E-state index in [1.54, 1.807) is 17.8 Å².